The van der Waals surface area contributed by atoms with Gasteiger partial charge in [-0.1, -0.05) is 19.9 Å². The van der Waals surface area contributed by atoms with E-state index in [2.05, 4.69) is 19.2 Å². The standard InChI is InChI=1S/C16H21F3N2O2/c1-11(2)8-14-10-23-7-6-21(14)15(22)20-13-5-3-4-12(9-13)16(17,18)19/h3-5,9,11,14H,6-8,10H2,1-2H3,(H,20,22). The number of halogens is 3. The lowest BCUT2D eigenvalue weighted by Crippen LogP contribution is -2.50. The van der Waals surface area contributed by atoms with Crippen LogP contribution in [-0.4, -0.2) is 36.7 Å². The van der Waals surface area contributed by atoms with Crippen LogP contribution in [0.4, 0.5) is 23.7 Å². The average molecular weight is 330 g/mol. The summed E-state index contributed by atoms with van der Waals surface area (Å²) in [6, 6.07) is 4.20. The van der Waals surface area contributed by atoms with Crippen LogP contribution in [0, 0.1) is 5.92 Å². The molecule has 2 amide bonds. The van der Waals surface area contributed by atoms with Gasteiger partial charge in [0.1, 0.15) is 0 Å². The van der Waals surface area contributed by atoms with Gasteiger partial charge in [-0.15, -0.1) is 0 Å². The van der Waals surface area contributed by atoms with Gasteiger partial charge in [0.15, 0.2) is 0 Å². The Morgan fingerprint density at radius 3 is 2.83 bits per heavy atom. The number of carbonyl (C=O) groups is 1. The van der Waals surface area contributed by atoms with E-state index in [4.69, 9.17) is 4.74 Å². The molecule has 0 spiro atoms. The number of hydrogen-bond acceptors (Lipinski definition) is 2. The molecule has 0 saturated carbocycles. The lowest BCUT2D eigenvalue weighted by atomic mass is 10.0. The van der Waals surface area contributed by atoms with E-state index in [0.717, 1.165) is 18.6 Å². The number of anilines is 1. The molecule has 1 atom stereocenters. The highest BCUT2D eigenvalue weighted by Gasteiger charge is 2.31. The fourth-order valence-electron chi connectivity index (χ4n) is 2.63. The van der Waals surface area contributed by atoms with E-state index < -0.39 is 17.8 Å². The SMILES string of the molecule is CC(C)CC1COCCN1C(=O)Nc1cccc(C(F)(F)F)c1. The Bertz CT molecular complexity index is 546. The van der Waals surface area contributed by atoms with Crippen molar-refractivity contribution in [3.8, 4) is 0 Å². The van der Waals surface area contributed by atoms with Gasteiger partial charge in [-0.05, 0) is 30.5 Å². The summed E-state index contributed by atoms with van der Waals surface area (Å²) in [4.78, 5) is 14.0. The van der Waals surface area contributed by atoms with Crippen LogP contribution in [0.2, 0.25) is 0 Å². The van der Waals surface area contributed by atoms with Gasteiger partial charge < -0.3 is 15.0 Å². The molecule has 0 aromatic heterocycles. The van der Waals surface area contributed by atoms with Gasteiger partial charge in [-0.3, -0.25) is 0 Å². The van der Waals surface area contributed by atoms with Gasteiger partial charge in [0.05, 0.1) is 24.8 Å². The van der Waals surface area contributed by atoms with E-state index >= 15 is 0 Å². The van der Waals surface area contributed by atoms with Gasteiger partial charge in [-0.2, -0.15) is 13.2 Å². The van der Waals surface area contributed by atoms with Crippen molar-refractivity contribution in [2.75, 3.05) is 25.1 Å². The molecule has 0 aliphatic carbocycles. The van der Waals surface area contributed by atoms with Gasteiger partial charge in [0, 0.05) is 12.2 Å². The minimum atomic E-state index is -4.43. The molecule has 1 saturated heterocycles. The molecule has 1 heterocycles. The molecule has 1 aromatic carbocycles. The van der Waals surface area contributed by atoms with E-state index in [9.17, 15) is 18.0 Å². The molecule has 1 aromatic rings. The van der Waals surface area contributed by atoms with Crippen LogP contribution >= 0.6 is 0 Å². The van der Waals surface area contributed by atoms with Crippen LogP contribution in [0.25, 0.3) is 0 Å². The monoisotopic (exact) mass is 330 g/mol. The number of urea groups is 1. The number of morpholine rings is 1. The summed E-state index contributed by atoms with van der Waals surface area (Å²) in [6.07, 6.45) is -3.64. The van der Waals surface area contributed by atoms with Crippen molar-refractivity contribution in [1.29, 1.82) is 0 Å². The Morgan fingerprint density at radius 2 is 2.17 bits per heavy atom. The molecular formula is C16H21F3N2O2. The molecular weight excluding hydrogens is 309 g/mol. The van der Waals surface area contributed by atoms with Crippen LogP contribution in [0.3, 0.4) is 0 Å². The lowest BCUT2D eigenvalue weighted by molar-refractivity contribution is -0.137. The summed E-state index contributed by atoms with van der Waals surface area (Å²) in [5.41, 5.74) is -0.643. The molecule has 1 N–H and O–H groups in total. The first-order chi connectivity index (χ1) is 10.8. The Kier molecular flexibility index (Phi) is 5.51. The first kappa shape index (κ1) is 17.6. The van der Waals surface area contributed by atoms with Crippen LogP contribution in [0.1, 0.15) is 25.8 Å². The quantitative estimate of drug-likeness (QED) is 0.911. The molecule has 7 heteroatoms. The predicted molar refractivity (Wildman–Crippen MR) is 81.2 cm³/mol. The van der Waals surface area contributed by atoms with Crippen LogP contribution < -0.4 is 5.32 Å². The van der Waals surface area contributed by atoms with Crippen LogP contribution in [-0.2, 0) is 10.9 Å². The molecule has 0 radical (unpaired) electrons. The number of alkyl halides is 3. The van der Waals surface area contributed by atoms with Crippen molar-refractivity contribution in [1.82, 2.24) is 4.90 Å². The third kappa shape index (κ3) is 4.86. The summed E-state index contributed by atoms with van der Waals surface area (Å²) >= 11 is 0. The summed E-state index contributed by atoms with van der Waals surface area (Å²) in [5, 5.41) is 2.56. The molecule has 1 fully saturated rings. The number of benzene rings is 1. The average Bonchev–Trinajstić information content (AvgIpc) is 2.46. The normalized spacial score (nSPS) is 19.0. The number of nitrogens with zero attached hydrogens (tertiary/aromatic N) is 1. The summed E-state index contributed by atoms with van der Waals surface area (Å²) in [6.45, 7) is 5.43. The van der Waals surface area contributed by atoms with Gasteiger partial charge in [0.2, 0.25) is 0 Å². The molecule has 23 heavy (non-hydrogen) atoms. The first-order valence-electron chi connectivity index (χ1n) is 7.60. The summed E-state index contributed by atoms with van der Waals surface area (Å²) in [5.74, 6) is 0.394. The zero-order chi connectivity index (χ0) is 17.0. The van der Waals surface area contributed by atoms with Gasteiger partial charge >= 0.3 is 12.2 Å². The van der Waals surface area contributed by atoms with E-state index in [1.807, 2.05) is 0 Å². The Labute approximate surface area is 133 Å². The number of rotatable bonds is 3. The second-order valence-electron chi connectivity index (χ2n) is 6.06. The Morgan fingerprint density at radius 1 is 1.43 bits per heavy atom. The maximum Gasteiger partial charge on any atom is 0.416 e. The number of amides is 2. The predicted octanol–water partition coefficient (Wildman–Crippen LogP) is 3.98. The van der Waals surface area contributed by atoms with Crippen molar-refractivity contribution in [2.45, 2.75) is 32.5 Å². The fraction of sp³-hybridized carbons (Fsp3) is 0.562. The highest BCUT2D eigenvalue weighted by Crippen LogP contribution is 2.30. The van der Waals surface area contributed by atoms with Gasteiger partial charge in [0.25, 0.3) is 0 Å². The maximum absolute atomic E-state index is 12.7. The van der Waals surface area contributed by atoms with Crippen molar-refractivity contribution in [2.24, 2.45) is 5.92 Å². The number of nitrogens with one attached hydrogen (secondary N) is 1. The summed E-state index contributed by atoms with van der Waals surface area (Å²) < 4.78 is 43.6. The molecule has 1 aliphatic heterocycles. The molecule has 2 rings (SSSR count). The minimum absolute atomic E-state index is 0.0606. The number of hydrogen-bond donors (Lipinski definition) is 1. The second-order valence-corrected chi connectivity index (χ2v) is 6.06. The van der Waals surface area contributed by atoms with Gasteiger partial charge in [-0.25, -0.2) is 4.79 Å². The summed E-state index contributed by atoms with van der Waals surface area (Å²) in [7, 11) is 0. The van der Waals surface area contributed by atoms with E-state index in [1.54, 1.807) is 4.90 Å². The Hall–Kier alpha value is -1.76. The third-order valence-corrected chi connectivity index (χ3v) is 3.67. The van der Waals surface area contributed by atoms with Crippen molar-refractivity contribution < 1.29 is 22.7 Å². The first-order valence-corrected chi connectivity index (χ1v) is 7.60. The fourth-order valence-corrected chi connectivity index (χ4v) is 2.63. The Balaban J connectivity index is 2.08. The van der Waals surface area contributed by atoms with Crippen LogP contribution in [0.15, 0.2) is 24.3 Å². The van der Waals surface area contributed by atoms with Crippen molar-refractivity contribution in [3.63, 3.8) is 0 Å². The van der Waals surface area contributed by atoms with Crippen LogP contribution in [0.5, 0.6) is 0 Å². The molecule has 128 valence electrons. The minimum Gasteiger partial charge on any atom is -0.377 e. The zero-order valence-corrected chi connectivity index (χ0v) is 13.2. The topological polar surface area (TPSA) is 41.6 Å². The lowest BCUT2D eigenvalue weighted by Gasteiger charge is -2.36. The van der Waals surface area contributed by atoms with E-state index in [1.165, 1.54) is 12.1 Å². The van der Waals surface area contributed by atoms with E-state index in [0.29, 0.717) is 25.7 Å². The molecule has 4 nitrogen and oxygen atoms in total. The number of ether oxygens (including phenoxy) is 1. The molecule has 1 aliphatic rings. The highest BCUT2D eigenvalue weighted by molar-refractivity contribution is 5.89. The molecule has 1 unspecified atom stereocenters. The second kappa shape index (κ2) is 7.21. The third-order valence-electron chi connectivity index (χ3n) is 3.67. The number of carbonyl (C=O) groups excluding carboxylic acids is 1. The highest BCUT2D eigenvalue weighted by atomic mass is 19.4. The largest absolute Gasteiger partial charge is 0.416 e. The zero-order valence-electron chi connectivity index (χ0n) is 13.2. The molecule has 0 bridgehead atoms. The maximum atomic E-state index is 12.7. The van der Waals surface area contributed by atoms with E-state index in [-0.39, 0.29) is 11.7 Å². The van der Waals surface area contributed by atoms with Crippen molar-refractivity contribution >= 4 is 11.7 Å². The smallest absolute Gasteiger partial charge is 0.377 e. The van der Waals surface area contributed by atoms with Crippen molar-refractivity contribution in [3.05, 3.63) is 29.8 Å².